The van der Waals surface area contributed by atoms with E-state index in [-0.39, 0.29) is 37.3 Å². The van der Waals surface area contributed by atoms with Crippen molar-refractivity contribution in [1.82, 2.24) is 24.3 Å². The maximum atomic E-state index is 13.9. The normalized spacial score (nSPS) is 21.3. The number of hydrogen-bond donors (Lipinski definition) is 1. The standard InChI is InChI=1S/C27H36ClN5O6S/c1-25(2)38-16-26(3,17-39-25)32(5)40(36,37)27(11-12-27)15-33-13-10-20-21(30-31(4)22(20)24(33)35)23(34)29-14-18-6-8-19(28)9-7-18/h6-9H,10-17H2,1-5H3,(H,29,34). The van der Waals surface area contributed by atoms with Gasteiger partial charge in [-0.05, 0) is 57.7 Å². The van der Waals surface area contributed by atoms with Gasteiger partial charge in [0.2, 0.25) is 10.0 Å². The van der Waals surface area contributed by atoms with Crippen molar-refractivity contribution in [3.63, 3.8) is 0 Å². The number of nitrogens with one attached hydrogen (secondary N) is 1. The average molecular weight is 594 g/mol. The number of aromatic nitrogens is 2. The summed E-state index contributed by atoms with van der Waals surface area (Å²) in [5.74, 6) is -1.47. The maximum Gasteiger partial charge on any atom is 0.272 e. The molecule has 13 heteroatoms. The van der Waals surface area contributed by atoms with E-state index in [0.717, 1.165) is 5.56 Å². The Morgan fingerprint density at radius 1 is 1.15 bits per heavy atom. The molecule has 0 atom stereocenters. The van der Waals surface area contributed by atoms with Crippen molar-refractivity contribution in [2.24, 2.45) is 7.05 Å². The average Bonchev–Trinajstić information content (AvgIpc) is 3.63. The summed E-state index contributed by atoms with van der Waals surface area (Å²) in [5, 5.41) is 7.82. The number of sulfonamides is 1. The van der Waals surface area contributed by atoms with Crippen molar-refractivity contribution in [2.45, 2.75) is 62.7 Å². The first-order chi connectivity index (χ1) is 18.7. The van der Waals surface area contributed by atoms with E-state index in [4.69, 9.17) is 21.1 Å². The SMILES string of the molecule is CN(C1(C)COC(C)(C)OC1)S(=O)(=O)C1(CN2CCc3c(C(=O)NCc4ccc(Cl)cc4)nn(C)c3C2=O)CC1. The fraction of sp³-hybridized carbons (Fsp3) is 0.593. The van der Waals surface area contributed by atoms with Crippen molar-refractivity contribution >= 4 is 33.4 Å². The molecule has 2 amide bonds. The lowest BCUT2D eigenvalue weighted by Gasteiger charge is -2.46. The Hall–Kier alpha value is -2.51. The zero-order valence-electron chi connectivity index (χ0n) is 23.5. The van der Waals surface area contributed by atoms with Crippen LogP contribution in [0.4, 0.5) is 0 Å². The molecule has 1 N–H and O–H groups in total. The fourth-order valence-electron chi connectivity index (χ4n) is 5.26. The number of ether oxygens (including phenoxy) is 2. The first kappa shape index (κ1) is 29.0. The molecular weight excluding hydrogens is 558 g/mol. The van der Waals surface area contributed by atoms with Crippen LogP contribution in [0.5, 0.6) is 0 Å². The Labute approximate surface area is 239 Å². The number of halogens is 1. The van der Waals surface area contributed by atoms with Crippen LogP contribution in [0.3, 0.4) is 0 Å². The van der Waals surface area contributed by atoms with Gasteiger partial charge in [-0.2, -0.15) is 9.40 Å². The van der Waals surface area contributed by atoms with Crippen LogP contribution in [0, 0.1) is 0 Å². The molecule has 2 aliphatic heterocycles. The van der Waals surface area contributed by atoms with Crippen LogP contribution in [-0.4, -0.2) is 88.6 Å². The minimum atomic E-state index is -3.79. The number of hydrogen-bond acceptors (Lipinski definition) is 7. The Morgan fingerprint density at radius 2 is 1.77 bits per heavy atom. The minimum Gasteiger partial charge on any atom is -0.348 e. The summed E-state index contributed by atoms with van der Waals surface area (Å²) in [6.45, 7) is 6.48. The predicted octanol–water partition coefficient (Wildman–Crippen LogP) is 2.34. The van der Waals surface area contributed by atoms with E-state index in [1.54, 1.807) is 45.0 Å². The van der Waals surface area contributed by atoms with Crippen molar-refractivity contribution in [3.05, 3.63) is 51.8 Å². The molecule has 11 nitrogen and oxygen atoms in total. The molecule has 1 saturated heterocycles. The highest BCUT2D eigenvalue weighted by Crippen LogP contribution is 2.48. The molecule has 0 radical (unpaired) electrons. The first-order valence-corrected chi connectivity index (χ1v) is 15.1. The van der Waals surface area contributed by atoms with Crippen LogP contribution >= 0.6 is 11.6 Å². The van der Waals surface area contributed by atoms with Gasteiger partial charge in [-0.3, -0.25) is 14.3 Å². The monoisotopic (exact) mass is 593 g/mol. The van der Waals surface area contributed by atoms with Gasteiger partial charge < -0.3 is 19.7 Å². The van der Waals surface area contributed by atoms with Crippen molar-refractivity contribution < 1.29 is 27.5 Å². The number of carbonyl (C=O) groups excluding carboxylic acids is 2. The Morgan fingerprint density at radius 3 is 2.38 bits per heavy atom. The molecular formula is C27H36ClN5O6S. The molecule has 218 valence electrons. The van der Waals surface area contributed by atoms with E-state index in [1.807, 2.05) is 19.1 Å². The van der Waals surface area contributed by atoms with Gasteiger partial charge >= 0.3 is 0 Å². The fourth-order valence-corrected chi connectivity index (χ4v) is 7.59. The molecule has 40 heavy (non-hydrogen) atoms. The summed E-state index contributed by atoms with van der Waals surface area (Å²) >= 11 is 5.93. The predicted molar refractivity (Wildman–Crippen MR) is 148 cm³/mol. The van der Waals surface area contributed by atoms with Crippen molar-refractivity contribution in [1.29, 1.82) is 0 Å². The van der Waals surface area contributed by atoms with Gasteiger partial charge in [0.15, 0.2) is 11.5 Å². The molecule has 1 aromatic carbocycles. The van der Waals surface area contributed by atoms with Crippen molar-refractivity contribution in [3.8, 4) is 0 Å². The lowest BCUT2D eigenvalue weighted by atomic mass is 10.0. The molecule has 1 aliphatic carbocycles. The lowest BCUT2D eigenvalue weighted by molar-refractivity contribution is -0.276. The summed E-state index contributed by atoms with van der Waals surface area (Å²) in [7, 11) is -0.607. The quantitative estimate of drug-likeness (QED) is 0.498. The number of nitrogens with zero attached hydrogens (tertiary/aromatic N) is 4. The van der Waals surface area contributed by atoms with Gasteiger partial charge in [0.25, 0.3) is 11.8 Å². The van der Waals surface area contributed by atoms with E-state index >= 15 is 0 Å². The Kier molecular flexibility index (Phi) is 7.32. The van der Waals surface area contributed by atoms with Gasteiger partial charge in [0.1, 0.15) is 10.4 Å². The van der Waals surface area contributed by atoms with Gasteiger partial charge in [-0.15, -0.1) is 0 Å². The van der Waals surface area contributed by atoms with Crippen molar-refractivity contribution in [2.75, 3.05) is 33.4 Å². The molecule has 0 unspecified atom stereocenters. The highest BCUT2D eigenvalue weighted by Gasteiger charge is 2.60. The number of rotatable bonds is 8. The van der Waals surface area contributed by atoms with Crippen LogP contribution in [-0.2, 0) is 39.5 Å². The molecule has 2 aromatic rings. The highest BCUT2D eigenvalue weighted by atomic mass is 35.5. The lowest BCUT2D eigenvalue weighted by Crippen LogP contribution is -2.62. The largest absolute Gasteiger partial charge is 0.348 e. The number of carbonyl (C=O) groups is 2. The molecule has 0 bridgehead atoms. The third-order valence-electron chi connectivity index (χ3n) is 8.26. The maximum absolute atomic E-state index is 13.9. The first-order valence-electron chi connectivity index (χ1n) is 13.3. The second-order valence-electron chi connectivity index (χ2n) is 11.7. The molecule has 5 rings (SSSR count). The molecule has 1 aromatic heterocycles. The summed E-state index contributed by atoms with van der Waals surface area (Å²) in [5.41, 5.74) is 1.12. The third kappa shape index (κ3) is 5.16. The van der Waals surface area contributed by atoms with E-state index in [0.29, 0.717) is 48.6 Å². The van der Waals surface area contributed by atoms with Gasteiger partial charge in [0, 0.05) is 44.3 Å². The zero-order valence-corrected chi connectivity index (χ0v) is 25.1. The van der Waals surface area contributed by atoms with Gasteiger partial charge in [-0.25, -0.2) is 8.42 Å². The number of aryl methyl sites for hydroxylation is 1. The molecule has 3 aliphatic rings. The molecule has 1 saturated carbocycles. The number of fused-ring (bicyclic) bond motifs is 1. The smallest absolute Gasteiger partial charge is 0.272 e. The summed E-state index contributed by atoms with van der Waals surface area (Å²) < 4.78 is 41.0. The van der Waals surface area contributed by atoms with E-state index in [1.165, 1.54) is 8.99 Å². The number of amides is 2. The van der Waals surface area contributed by atoms with E-state index in [2.05, 4.69) is 10.4 Å². The molecule has 2 fully saturated rings. The van der Waals surface area contributed by atoms with Crippen LogP contribution < -0.4 is 5.32 Å². The topological polar surface area (TPSA) is 123 Å². The number of likely N-dealkylation sites (N-methyl/N-ethyl adjacent to an activating group) is 1. The second-order valence-corrected chi connectivity index (χ2v) is 14.5. The minimum absolute atomic E-state index is 0.0739. The van der Waals surface area contributed by atoms with E-state index in [9.17, 15) is 18.0 Å². The number of benzene rings is 1. The third-order valence-corrected chi connectivity index (χ3v) is 11.3. The molecule has 0 spiro atoms. The summed E-state index contributed by atoms with van der Waals surface area (Å²) in [6.07, 6.45) is 1.33. The van der Waals surface area contributed by atoms with Crippen LogP contribution in [0.15, 0.2) is 24.3 Å². The molecule has 3 heterocycles. The van der Waals surface area contributed by atoms with Crippen LogP contribution in [0.25, 0.3) is 0 Å². The van der Waals surface area contributed by atoms with Crippen LogP contribution in [0.2, 0.25) is 5.02 Å². The van der Waals surface area contributed by atoms with Gasteiger partial charge in [-0.1, -0.05) is 23.7 Å². The van der Waals surface area contributed by atoms with Crippen LogP contribution in [0.1, 0.15) is 65.7 Å². The van der Waals surface area contributed by atoms with Gasteiger partial charge in [0.05, 0.1) is 18.8 Å². The zero-order chi connectivity index (χ0) is 29.1. The van der Waals surface area contributed by atoms with E-state index < -0.39 is 26.1 Å². The summed E-state index contributed by atoms with van der Waals surface area (Å²) in [6, 6.07) is 7.15. The second kappa shape index (κ2) is 10.1. The summed E-state index contributed by atoms with van der Waals surface area (Å²) in [4.78, 5) is 28.2. The Balaban J connectivity index is 1.29. The Bertz CT molecular complexity index is 1420. The highest BCUT2D eigenvalue weighted by molar-refractivity contribution is 7.90.